The first kappa shape index (κ1) is 19.9. The molecule has 2 fully saturated rings. The number of nitrogens with zero attached hydrogens (tertiary/aromatic N) is 2. The topological polar surface area (TPSA) is 107 Å². The molecule has 1 aromatic rings. The number of methoxy groups -OCH3 is 1. The smallest absolute Gasteiger partial charge is 0.337 e. The lowest BCUT2D eigenvalue weighted by molar-refractivity contribution is -0.122. The highest BCUT2D eigenvalue weighted by atomic mass is 16.5. The van der Waals surface area contributed by atoms with Crippen LogP contribution in [0.4, 0.5) is 0 Å². The molecular formula is C18H24N2O6. The van der Waals surface area contributed by atoms with Crippen molar-refractivity contribution in [3.63, 3.8) is 0 Å². The van der Waals surface area contributed by atoms with Gasteiger partial charge in [0, 0.05) is 37.8 Å². The summed E-state index contributed by atoms with van der Waals surface area (Å²) in [5, 5.41) is 16.3. The van der Waals surface area contributed by atoms with Crippen LogP contribution in [0.3, 0.4) is 0 Å². The van der Waals surface area contributed by atoms with Gasteiger partial charge in [-0.05, 0) is 37.1 Å². The Labute approximate surface area is 152 Å². The number of amides is 1. The van der Waals surface area contributed by atoms with Gasteiger partial charge in [0.25, 0.3) is 12.4 Å². The fraction of sp³-hybridized carbons (Fsp3) is 0.500. The van der Waals surface area contributed by atoms with Crippen molar-refractivity contribution < 1.29 is 29.3 Å². The highest BCUT2D eigenvalue weighted by molar-refractivity contribution is 5.96. The largest absolute Gasteiger partial charge is 0.483 e. The summed E-state index contributed by atoms with van der Waals surface area (Å²) in [6.45, 7) is 2.73. The minimum Gasteiger partial charge on any atom is -0.483 e. The quantitative estimate of drug-likeness (QED) is 0.592. The molecule has 1 amide bonds. The molecule has 0 saturated carbocycles. The molecule has 0 radical (unpaired) electrons. The summed E-state index contributed by atoms with van der Waals surface area (Å²) in [5.41, 5.74) is 1.04. The molecule has 8 nitrogen and oxygen atoms in total. The van der Waals surface area contributed by atoms with Gasteiger partial charge in [-0.1, -0.05) is 0 Å². The zero-order valence-electron chi connectivity index (χ0n) is 14.7. The highest BCUT2D eigenvalue weighted by Gasteiger charge is 2.33. The lowest BCUT2D eigenvalue weighted by Crippen LogP contribution is -2.58. The van der Waals surface area contributed by atoms with Gasteiger partial charge in [-0.25, -0.2) is 4.79 Å². The molecule has 1 aromatic carbocycles. The van der Waals surface area contributed by atoms with E-state index in [9.17, 15) is 14.7 Å². The normalized spacial score (nSPS) is 18.3. The maximum atomic E-state index is 12.5. The van der Waals surface area contributed by atoms with Crippen LogP contribution in [0.15, 0.2) is 24.3 Å². The third kappa shape index (κ3) is 4.80. The van der Waals surface area contributed by atoms with Crippen molar-refractivity contribution in [3.05, 3.63) is 35.4 Å². The first-order valence-corrected chi connectivity index (χ1v) is 8.47. The Morgan fingerprint density at radius 2 is 1.62 bits per heavy atom. The molecule has 2 aliphatic rings. The van der Waals surface area contributed by atoms with E-state index in [4.69, 9.17) is 9.90 Å². The number of likely N-dealkylation sites (tertiary alicyclic amines) is 2. The van der Waals surface area contributed by atoms with Crippen LogP contribution >= 0.6 is 0 Å². The first-order valence-electron chi connectivity index (χ1n) is 8.47. The minimum atomic E-state index is -0.401. The summed E-state index contributed by atoms with van der Waals surface area (Å²) in [6.07, 6.45) is 1.71. The number of esters is 1. The average Bonchev–Trinajstić information content (AvgIpc) is 2.65. The fourth-order valence-electron chi connectivity index (χ4n) is 3.27. The van der Waals surface area contributed by atoms with Gasteiger partial charge >= 0.3 is 5.97 Å². The molecule has 2 aliphatic heterocycles. The third-order valence-corrected chi connectivity index (χ3v) is 4.71. The van der Waals surface area contributed by atoms with Crippen LogP contribution in [-0.4, -0.2) is 83.8 Å². The number of β-amino-alcohol motifs (C(OH)–C–C–N with tert-alkyl or cyclic N) is 1. The number of hydrogen-bond donors (Lipinski definition) is 2. The molecule has 0 unspecified atom stereocenters. The van der Waals surface area contributed by atoms with Crippen molar-refractivity contribution in [1.82, 2.24) is 9.80 Å². The Hall–Kier alpha value is -2.45. The number of piperidine rings is 1. The summed E-state index contributed by atoms with van der Waals surface area (Å²) in [5.74, 6) is -0.398. The van der Waals surface area contributed by atoms with Gasteiger partial charge in [0.15, 0.2) is 0 Å². The number of carbonyl (C=O) groups is 3. The van der Waals surface area contributed by atoms with E-state index in [-0.39, 0.29) is 18.5 Å². The van der Waals surface area contributed by atoms with Gasteiger partial charge in [-0.15, -0.1) is 0 Å². The second-order valence-corrected chi connectivity index (χ2v) is 6.31. The predicted octanol–water partition coefficient (Wildman–Crippen LogP) is 0.455. The molecule has 142 valence electrons. The van der Waals surface area contributed by atoms with E-state index >= 15 is 0 Å². The molecule has 0 aromatic heterocycles. The van der Waals surface area contributed by atoms with Crippen LogP contribution in [0.2, 0.25) is 0 Å². The van der Waals surface area contributed by atoms with Crippen molar-refractivity contribution in [2.75, 3.05) is 33.3 Å². The maximum absolute atomic E-state index is 12.5. The minimum absolute atomic E-state index is 0.00325. The molecule has 0 aliphatic carbocycles. The molecular weight excluding hydrogens is 340 g/mol. The molecule has 0 spiro atoms. The number of aliphatic hydroxyl groups is 1. The third-order valence-electron chi connectivity index (χ3n) is 4.71. The number of aliphatic hydroxyl groups excluding tert-OH is 1. The predicted molar refractivity (Wildman–Crippen MR) is 93.0 cm³/mol. The Bertz CT molecular complexity index is 619. The Kier molecular flexibility index (Phi) is 7.11. The van der Waals surface area contributed by atoms with Crippen molar-refractivity contribution in [2.45, 2.75) is 25.0 Å². The van der Waals surface area contributed by atoms with Gasteiger partial charge in [-0.2, -0.15) is 0 Å². The Balaban J connectivity index is 0.000000758. The summed E-state index contributed by atoms with van der Waals surface area (Å²) in [6, 6.07) is 7.06. The van der Waals surface area contributed by atoms with E-state index in [1.165, 1.54) is 7.11 Å². The number of carboxylic acid groups (broad SMARTS) is 1. The fourth-order valence-corrected chi connectivity index (χ4v) is 3.27. The van der Waals surface area contributed by atoms with E-state index in [2.05, 4.69) is 9.64 Å². The van der Waals surface area contributed by atoms with Gasteiger partial charge in [0.1, 0.15) is 0 Å². The first-order chi connectivity index (χ1) is 12.5. The second kappa shape index (κ2) is 9.30. The molecule has 8 heteroatoms. The summed E-state index contributed by atoms with van der Waals surface area (Å²) < 4.78 is 4.65. The Morgan fingerprint density at radius 3 is 2.08 bits per heavy atom. The zero-order chi connectivity index (χ0) is 19.1. The SMILES string of the molecule is COC(=O)c1ccc(C(=O)N2CCC(N3CC(O)C3)CC2)cc1.O=CO. The van der Waals surface area contributed by atoms with Crippen LogP contribution in [0, 0.1) is 0 Å². The monoisotopic (exact) mass is 364 g/mol. The van der Waals surface area contributed by atoms with E-state index in [1.807, 2.05) is 4.90 Å². The van der Waals surface area contributed by atoms with Crippen molar-refractivity contribution in [3.8, 4) is 0 Å². The van der Waals surface area contributed by atoms with E-state index in [1.54, 1.807) is 24.3 Å². The maximum Gasteiger partial charge on any atom is 0.337 e. The van der Waals surface area contributed by atoms with Gasteiger partial charge in [0.05, 0.1) is 18.8 Å². The van der Waals surface area contributed by atoms with Gasteiger partial charge < -0.3 is 19.8 Å². The summed E-state index contributed by atoms with van der Waals surface area (Å²) >= 11 is 0. The molecule has 2 heterocycles. The standard InChI is InChI=1S/C17H22N2O4.CH2O2/c1-23-17(22)13-4-2-12(3-5-13)16(21)18-8-6-14(7-9-18)19-10-15(20)11-19;2-1-3/h2-5,14-15,20H,6-11H2,1H3;1H,(H,2,3). The van der Waals surface area contributed by atoms with Crippen molar-refractivity contribution in [1.29, 1.82) is 0 Å². The van der Waals surface area contributed by atoms with Gasteiger partial charge in [0.2, 0.25) is 0 Å². The van der Waals surface area contributed by atoms with Gasteiger partial charge in [-0.3, -0.25) is 14.5 Å². The summed E-state index contributed by atoms with van der Waals surface area (Å²) in [4.78, 5) is 36.4. The number of benzene rings is 1. The molecule has 3 rings (SSSR count). The molecule has 2 saturated heterocycles. The van der Waals surface area contributed by atoms with E-state index < -0.39 is 5.97 Å². The second-order valence-electron chi connectivity index (χ2n) is 6.31. The van der Waals surface area contributed by atoms with Crippen LogP contribution in [0.1, 0.15) is 33.6 Å². The van der Waals surface area contributed by atoms with Crippen LogP contribution in [0.5, 0.6) is 0 Å². The lowest BCUT2D eigenvalue weighted by atomic mass is 9.98. The molecule has 0 bridgehead atoms. The summed E-state index contributed by atoms with van der Waals surface area (Å²) in [7, 11) is 1.34. The van der Waals surface area contributed by atoms with Crippen LogP contribution < -0.4 is 0 Å². The van der Waals surface area contributed by atoms with E-state index in [0.29, 0.717) is 17.2 Å². The van der Waals surface area contributed by atoms with Crippen LogP contribution in [-0.2, 0) is 9.53 Å². The van der Waals surface area contributed by atoms with Crippen molar-refractivity contribution >= 4 is 18.3 Å². The van der Waals surface area contributed by atoms with Crippen molar-refractivity contribution in [2.24, 2.45) is 0 Å². The number of rotatable bonds is 3. The number of ether oxygens (including phenoxy) is 1. The number of hydrogen-bond acceptors (Lipinski definition) is 6. The molecule has 2 N–H and O–H groups in total. The lowest BCUT2D eigenvalue weighted by Gasteiger charge is -2.45. The average molecular weight is 364 g/mol. The molecule has 26 heavy (non-hydrogen) atoms. The highest BCUT2D eigenvalue weighted by Crippen LogP contribution is 2.22. The van der Waals surface area contributed by atoms with Crippen LogP contribution in [0.25, 0.3) is 0 Å². The zero-order valence-corrected chi connectivity index (χ0v) is 14.7. The Morgan fingerprint density at radius 1 is 1.12 bits per heavy atom. The number of carbonyl (C=O) groups excluding carboxylic acids is 2. The molecule has 0 atom stereocenters. The van der Waals surface area contributed by atoms with E-state index in [0.717, 1.165) is 39.0 Å².